The van der Waals surface area contributed by atoms with E-state index in [-0.39, 0.29) is 42.6 Å². The summed E-state index contributed by atoms with van der Waals surface area (Å²) in [6, 6.07) is 10.9. The Morgan fingerprint density at radius 2 is 2.00 bits per heavy atom. The summed E-state index contributed by atoms with van der Waals surface area (Å²) in [6.45, 7) is 1.83. The minimum Gasteiger partial charge on any atom is -0.478 e. The van der Waals surface area contributed by atoms with Crippen molar-refractivity contribution in [2.75, 3.05) is 13.2 Å². The molecule has 2 aliphatic heterocycles. The molecule has 13 heteroatoms. The van der Waals surface area contributed by atoms with Gasteiger partial charge in [0.05, 0.1) is 72.5 Å². The number of rotatable bonds is 9. The summed E-state index contributed by atoms with van der Waals surface area (Å²) < 4.78 is 42.0. The largest absolute Gasteiger partial charge is 0.478 e. The highest BCUT2D eigenvalue weighted by Crippen LogP contribution is 2.35. The van der Waals surface area contributed by atoms with Gasteiger partial charge in [-0.05, 0) is 43.2 Å². The van der Waals surface area contributed by atoms with E-state index in [0.717, 1.165) is 18.8 Å². The number of imidazole rings is 1. The third-order valence-electron chi connectivity index (χ3n) is 8.07. The van der Waals surface area contributed by atoms with Crippen LogP contribution >= 0.6 is 0 Å². The maximum Gasteiger partial charge on any atom is 0.335 e. The number of piperidine rings is 1. The van der Waals surface area contributed by atoms with Gasteiger partial charge in [-0.25, -0.2) is 28.5 Å². The van der Waals surface area contributed by atoms with Crippen LogP contribution in [0.3, 0.4) is 0 Å². The molecule has 6 rings (SSSR count). The number of hydrogen-bond donors (Lipinski definition) is 2. The highest BCUT2D eigenvalue weighted by atomic mass is 19.1. The van der Waals surface area contributed by atoms with Crippen molar-refractivity contribution in [3.8, 4) is 6.07 Å². The molecule has 0 bridgehead atoms. The molecule has 2 aromatic heterocycles. The lowest BCUT2D eigenvalue weighted by Gasteiger charge is -2.45. The molecule has 4 aromatic rings. The second-order valence-corrected chi connectivity index (χ2v) is 10.8. The van der Waals surface area contributed by atoms with Crippen LogP contribution in [0.15, 0.2) is 48.8 Å². The number of hydrogen-bond acceptors (Lipinski definition) is 9. The Morgan fingerprint density at radius 3 is 2.67 bits per heavy atom. The summed E-state index contributed by atoms with van der Waals surface area (Å²) in [5.41, 5.74) is 7.76. The molecule has 0 radical (unpaired) electrons. The third-order valence-corrected chi connectivity index (χ3v) is 8.07. The number of nitrogens with zero attached hydrogens (tertiary/aromatic N) is 6. The van der Waals surface area contributed by atoms with Gasteiger partial charge in [0.15, 0.2) is 11.6 Å². The van der Waals surface area contributed by atoms with Crippen LogP contribution in [0.25, 0.3) is 11.0 Å². The van der Waals surface area contributed by atoms with Crippen molar-refractivity contribution in [1.82, 2.24) is 24.4 Å². The first-order chi connectivity index (χ1) is 20.7. The number of halogens is 2. The number of aromatic carboxylic acids is 1. The highest BCUT2D eigenvalue weighted by Gasteiger charge is 2.44. The number of fused-ring (bicyclic) bond motifs is 1. The minimum atomic E-state index is -1.29. The van der Waals surface area contributed by atoms with E-state index in [4.69, 9.17) is 25.5 Å². The van der Waals surface area contributed by atoms with E-state index >= 15 is 0 Å². The van der Waals surface area contributed by atoms with Gasteiger partial charge in [-0.1, -0.05) is 6.07 Å². The van der Waals surface area contributed by atoms with Gasteiger partial charge in [-0.2, -0.15) is 5.26 Å². The maximum absolute atomic E-state index is 14.5. The first-order valence-corrected chi connectivity index (χ1v) is 13.9. The molecule has 0 aliphatic carbocycles. The van der Waals surface area contributed by atoms with Crippen LogP contribution in [0.1, 0.15) is 52.4 Å². The third kappa shape index (κ3) is 5.82. The molecule has 222 valence electrons. The second kappa shape index (κ2) is 11.7. The summed E-state index contributed by atoms with van der Waals surface area (Å²) >= 11 is 0. The van der Waals surface area contributed by atoms with Crippen LogP contribution in [0, 0.1) is 23.0 Å². The summed E-state index contributed by atoms with van der Waals surface area (Å²) in [7, 11) is 0. The number of benzene rings is 2. The molecule has 3 unspecified atom stereocenters. The van der Waals surface area contributed by atoms with E-state index in [1.165, 1.54) is 24.3 Å². The van der Waals surface area contributed by atoms with E-state index in [1.807, 2.05) is 15.5 Å². The molecule has 3 N–H and O–H groups in total. The quantitative estimate of drug-likeness (QED) is 0.297. The topological polar surface area (TPSA) is 152 Å². The van der Waals surface area contributed by atoms with Crippen molar-refractivity contribution in [3.63, 3.8) is 0 Å². The van der Waals surface area contributed by atoms with Crippen molar-refractivity contribution in [1.29, 1.82) is 5.26 Å². The van der Waals surface area contributed by atoms with Crippen molar-refractivity contribution in [2.45, 2.75) is 56.8 Å². The number of aromatic nitrogens is 4. The number of ether oxygens (including phenoxy) is 2. The molecule has 0 spiro atoms. The van der Waals surface area contributed by atoms with E-state index < -0.39 is 29.4 Å². The number of carboxylic acid groups (broad SMARTS) is 1. The van der Waals surface area contributed by atoms with Crippen molar-refractivity contribution >= 4 is 17.0 Å². The van der Waals surface area contributed by atoms with E-state index in [0.29, 0.717) is 48.5 Å². The molecule has 11 nitrogen and oxygen atoms in total. The zero-order valence-electron chi connectivity index (χ0n) is 23.1. The Kier molecular flexibility index (Phi) is 7.85. The van der Waals surface area contributed by atoms with Gasteiger partial charge in [0.1, 0.15) is 17.3 Å². The van der Waals surface area contributed by atoms with Gasteiger partial charge in [0, 0.05) is 25.1 Å². The monoisotopic (exact) mass is 589 g/mol. The standard InChI is InChI=1S/C30H29F2N7O4/c31-21-13-35-29(36-14-21)30(34)11-22(43-17-20-2-1-18(12-33)9-24(20)32)5-7-38(30)16-27-37-25-4-3-19(28(40)41)10-26(25)39(27)15-23-6-8-42-23/h1-4,9-10,13-14,22-23H,5-8,11,15-17,34H2,(H,40,41). The number of carboxylic acids is 1. The van der Waals surface area contributed by atoms with E-state index in [2.05, 4.69) is 9.97 Å². The summed E-state index contributed by atoms with van der Waals surface area (Å²) in [5, 5.41) is 18.6. The zero-order chi connectivity index (χ0) is 30.1. The molecule has 2 aromatic carbocycles. The van der Waals surface area contributed by atoms with E-state index in [9.17, 15) is 18.7 Å². The lowest BCUT2D eigenvalue weighted by molar-refractivity contribution is -0.0741. The van der Waals surface area contributed by atoms with Gasteiger partial charge in [-0.15, -0.1) is 0 Å². The van der Waals surface area contributed by atoms with Crippen molar-refractivity contribution < 1.29 is 28.2 Å². The molecule has 43 heavy (non-hydrogen) atoms. The molecular weight excluding hydrogens is 560 g/mol. The molecule has 2 saturated heterocycles. The number of nitriles is 1. The fourth-order valence-electron chi connectivity index (χ4n) is 5.58. The molecule has 3 atom stereocenters. The first-order valence-electron chi connectivity index (χ1n) is 13.9. The molecule has 2 aliphatic rings. The van der Waals surface area contributed by atoms with Gasteiger partial charge in [0.2, 0.25) is 0 Å². The minimum absolute atomic E-state index is 0.0190. The predicted octanol–water partition coefficient (Wildman–Crippen LogP) is 3.46. The Balaban J connectivity index is 1.29. The van der Waals surface area contributed by atoms with E-state index in [1.54, 1.807) is 12.1 Å². The van der Waals surface area contributed by atoms with Crippen LogP contribution in [-0.2, 0) is 34.8 Å². The Labute approximate surface area is 245 Å². The second-order valence-electron chi connectivity index (χ2n) is 10.8. The normalized spacial score (nSPS) is 22.3. The fourth-order valence-corrected chi connectivity index (χ4v) is 5.58. The molecule has 0 saturated carbocycles. The lowest BCUT2D eigenvalue weighted by atomic mass is 9.92. The lowest BCUT2D eigenvalue weighted by Crippen LogP contribution is -2.59. The van der Waals surface area contributed by atoms with Crippen LogP contribution in [0.4, 0.5) is 8.78 Å². The summed E-state index contributed by atoms with van der Waals surface area (Å²) in [5.74, 6) is -1.31. The molecule has 2 fully saturated rings. The summed E-state index contributed by atoms with van der Waals surface area (Å²) in [4.78, 5) is 26.9. The van der Waals surface area contributed by atoms with Crippen LogP contribution in [0.5, 0.6) is 0 Å². The molecular formula is C30H29F2N7O4. The van der Waals surface area contributed by atoms with Gasteiger partial charge in [0.25, 0.3) is 0 Å². The first kappa shape index (κ1) is 28.8. The number of nitrogens with two attached hydrogens (primary N) is 1. The predicted molar refractivity (Wildman–Crippen MR) is 148 cm³/mol. The maximum atomic E-state index is 14.5. The SMILES string of the molecule is N#Cc1ccc(COC2CCN(Cc3nc4ccc(C(=O)O)cc4n3CC3CCO3)C(N)(c3ncc(F)cn3)C2)c(F)c1. The smallest absolute Gasteiger partial charge is 0.335 e. The number of likely N-dealkylation sites (tertiary alicyclic amines) is 1. The zero-order valence-corrected chi connectivity index (χ0v) is 23.1. The van der Waals surface area contributed by atoms with Crippen LogP contribution in [0.2, 0.25) is 0 Å². The van der Waals surface area contributed by atoms with Crippen molar-refractivity contribution in [3.05, 3.63) is 88.8 Å². The Morgan fingerprint density at radius 1 is 1.21 bits per heavy atom. The number of carbonyl (C=O) groups is 1. The average Bonchev–Trinajstić information content (AvgIpc) is 3.31. The molecule has 0 amide bonds. The van der Waals surface area contributed by atoms with Crippen LogP contribution in [-0.4, -0.2) is 60.9 Å². The average molecular weight is 590 g/mol. The van der Waals surface area contributed by atoms with Gasteiger partial charge in [-0.3, -0.25) is 4.90 Å². The Hall–Kier alpha value is -4.35. The fraction of sp³-hybridized carbons (Fsp3) is 0.367. The highest BCUT2D eigenvalue weighted by molar-refractivity contribution is 5.92. The van der Waals surface area contributed by atoms with Gasteiger partial charge < -0.3 is 24.9 Å². The van der Waals surface area contributed by atoms with Crippen molar-refractivity contribution in [2.24, 2.45) is 5.73 Å². The summed E-state index contributed by atoms with van der Waals surface area (Å²) in [6.07, 6.45) is 3.35. The molecule has 4 heterocycles. The van der Waals surface area contributed by atoms with Crippen LogP contribution < -0.4 is 5.73 Å². The Bertz CT molecular complexity index is 1700. The van der Waals surface area contributed by atoms with Gasteiger partial charge >= 0.3 is 5.97 Å².